The summed E-state index contributed by atoms with van der Waals surface area (Å²) in [6.45, 7) is 4.19. The minimum Gasteiger partial charge on any atom is -0.480 e. The smallest absolute Gasteiger partial charge is 0.407 e. The average Bonchev–Trinajstić information content (AvgIpc) is 3.26. The van der Waals surface area contributed by atoms with Crippen LogP contribution in [0.5, 0.6) is 0 Å². The number of ether oxygens (including phenoxy) is 6. The van der Waals surface area contributed by atoms with E-state index in [9.17, 15) is 29.1 Å². The quantitative estimate of drug-likeness (QED) is 0.302. The van der Waals surface area contributed by atoms with Crippen LogP contribution < -0.4 is 5.32 Å². The van der Waals surface area contributed by atoms with Crippen LogP contribution in [0.2, 0.25) is 0 Å². The van der Waals surface area contributed by atoms with E-state index in [0.29, 0.717) is 0 Å². The van der Waals surface area contributed by atoms with Gasteiger partial charge in [0.05, 0.1) is 12.7 Å². The minimum absolute atomic E-state index is 0.0353. The van der Waals surface area contributed by atoms with Crippen molar-refractivity contribution in [2.24, 2.45) is 0 Å². The van der Waals surface area contributed by atoms with E-state index in [4.69, 9.17) is 28.4 Å². The topological polar surface area (TPSA) is 173 Å². The van der Waals surface area contributed by atoms with Crippen LogP contribution in [0.15, 0.2) is 48.5 Å². The number of aliphatic carboxylic acids is 1. The van der Waals surface area contributed by atoms with Crippen LogP contribution in [-0.2, 0) is 47.6 Å². The van der Waals surface area contributed by atoms with Gasteiger partial charge in [0.2, 0.25) is 0 Å². The number of carbonyl (C=O) groups is 5. The maximum Gasteiger partial charge on any atom is 0.407 e. The standard InChI is InChI=1S/C30H33NO12/c1-15-25(41-16(2)32)26(42-17(3)33)27(43-18(4)34)29(40-15)38-14-24(28(35)36)31-30(37)39-13-23-21-11-7-5-9-19(21)20-10-6-8-12-22(20)23/h5-12,15,23-27,29H,13-14H2,1-4H3,(H,31,37)(H,35,36)/t15-,24+,25+,26+,27-,29+/m1/s1. The van der Waals surface area contributed by atoms with Crippen molar-refractivity contribution in [1.29, 1.82) is 0 Å². The monoisotopic (exact) mass is 599 g/mol. The number of hydrogen-bond donors (Lipinski definition) is 2. The van der Waals surface area contributed by atoms with Gasteiger partial charge in [0.15, 0.2) is 30.6 Å². The first-order valence-electron chi connectivity index (χ1n) is 13.6. The highest BCUT2D eigenvalue weighted by molar-refractivity contribution is 5.81. The number of amides is 1. The lowest BCUT2D eigenvalue weighted by atomic mass is 9.98. The number of nitrogens with one attached hydrogen (secondary N) is 1. The second-order valence-corrected chi connectivity index (χ2v) is 10.1. The van der Waals surface area contributed by atoms with Crippen molar-refractivity contribution in [2.45, 2.75) is 70.4 Å². The van der Waals surface area contributed by atoms with E-state index >= 15 is 0 Å². The van der Waals surface area contributed by atoms with Gasteiger partial charge >= 0.3 is 30.0 Å². The highest BCUT2D eigenvalue weighted by Gasteiger charge is 2.51. The summed E-state index contributed by atoms with van der Waals surface area (Å²) in [6, 6.07) is 13.9. The van der Waals surface area contributed by atoms with Gasteiger partial charge in [0.1, 0.15) is 6.61 Å². The van der Waals surface area contributed by atoms with Crippen molar-refractivity contribution in [3.63, 3.8) is 0 Å². The van der Waals surface area contributed by atoms with E-state index in [1.54, 1.807) is 0 Å². The molecule has 43 heavy (non-hydrogen) atoms. The molecule has 0 unspecified atom stereocenters. The molecule has 13 heteroatoms. The molecule has 2 aromatic rings. The summed E-state index contributed by atoms with van der Waals surface area (Å²) in [4.78, 5) is 60.1. The fourth-order valence-corrected chi connectivity index (χ4v) is 5.25. The Hall–Kier alpha value is -4.49. The van der Waals surface area contributed by atoms with Crippen LogP contribution >= 0.6 is 0 Å². The minimum atomic E-state index is -1.59. The molecule has 2 aliphatic rings. The van der Waals surface area contributed by atoms with Crippen LogP contribution in [0, 0.1) is 0 Å². The van der Waals surface area contributed by atoms with E-state index < -0.39 is 73.3 Å². The fraction of sp³-hybridized carbons (Fsp3) is 0.433. The van der Waals surface area contributed by atoms with E-state index in [0.717, 1.165) is 43.0 Å². The number of fused-ring (bicyclic) bond motifs is 3. The fourth-order valence-electron chi connectivity index (χ4n) is 5.25. The Bertz CT molecular complexity index is 1330. The Morgan fingerprint density at radius 3 is 1.86 bits per heavy atom. The van der Waals surface area contributed by atoms with Crippen molar-refractivity contribution < 1.29 is 57.5 Å². The zero-order valence-corrected chi connectivity index (χ0v) is 24.0. The predicted molar refractivity (Wildman–Crippen MR) is 147 cm³/mol. The third-order valence-corrected chi connectivity index (χ3v) is 6.99. The highest BCUT2D eigenvalue weighted by atomic mass is 16.7. The summed E-state index contributed by atoms with van der Waals surface area (Å²) in [5.74, 6) is -3.91. The van der Waals surface area contributed by atoms with Crippen LogP contribution in [0.4, 0.5) is 4.79 Å². The molecule has 13 nitrogen and oxygen atoms in total. The molecule has 6 atom stereocenters. The summed E-state index contributed by atoms with van der Waals surface area (Å²) in [6.07, 6.45) is -7.24. The van der Waals surface area contributed by atoms with Crippen LogP contribution in [0.25, 0.3) is 11.1 Å². The average molecular weight is 600 g/mol. The van der Waals surface area contributed by atoms with Gasteiger partial charge in [-0.05, 0) is 29.2 Å². The number of esters is 3. The first kappa shape index (κ1) is 31.4. The van der Waals surface area contributed by atoms with Crippen molar-refractivity contribution >= 4 is 30.0 Å². The molecule has 1 aliphatic heterocycles. The highest BCUT2D eigenvalue weighted by Crippen LogP contribution is 2.44. The molecule has 2 aromatic carbocycles. The lowest BCUT2D eigenvalue weighted by Gasteiger charge is -2.43. The summed E-state index contributed by atoms with van der Waals surface area (Å²) in [5, 5.41) is 12.0. The lowest BCUT2D eigenvalue weighted by Crippen LogP contribution is -2.61. The van der Waals surface area contributed by atoms with Gasteiger partial charge in [0.25, 0.3) is 0 Å². The van der Waals surface area contributed by atoms with Gasteiger partial charge < -0.3 is 38.8 Å². The van der Waals surface area contributed by atoms with Crippen LogP contribution in [-0.4, -0.2) is 85.0 Å². The van der Waals surface area contributed by atoms with E-state index in [1.165, 1.54) is 6.92 Å². The Kier molecular flexibility index (Phi) is 9.99. The van der Waals surface area contributed by atoms with Crippen molar-refractivity contribution in [3.8, 4) is 11.1 Å². The number of alkyl carbamates (subject to hydrolysis) is 1. The molecule has 0 saturated carbocycles. The maximum absolute atomic E-state index is 12.7. The van der Waals surface area contributed by atoms with E-state index in [1.807, 2.05) is 48.5 Å². The molecular formula is C30H33NO12. The molecule has 0 aromatic heterocycles. The lowest BCUT2D eigenvalue weighted by molar-refractivity contribution is -0.301. The molecule has 1 amide bonds. The SMILES string of the molecule is CC(=O)O[C@H]1[C@@H](OC(C)=O)[C@@H](C)O[C@H](OC[C@H](NC(=O)OCC2c3ccccc3-c3ccccc32)C(=O)O)[C@@H]1OC(C)=O. The Morgan fingerprint density at radius 2 is 1.33 bits per heavy atom. The number of benzene rings is 2. The second-order valence-electron chi connectivity index (χ2n) is 10.1. The molecule has 1 saturated heterocycles. The zero-order chi connectivity index (χ0) is 31.3. The molecule has 0 spiro atoms. The largest absolute Gasteiger partial charge is 0.480 e. The third-order valence-electron chi connectivity index (χ3n) is 6.99. The summed E-state index contributed by atoms with van der Waals surface area (Å²) >= 11 is 0. The summed E-state index contributed by atoms with van der Waals surface area (Å²) < 4.78 is 32.7. The van der Waals surface area contributed by atoms with Crippen LogP contribution in [0.1, 0.15) is 44.7 Å². The Labute approximate surface area is 247 Å². The number of carboxylic acids is 1. The molecule has 230 valence electrons. The van der Waals surface area contributed by atoms with Gasteiger partial charge in [-0.2, -0.15) is 0 Å². The number of carboxylic acid groups (broad SMARTS) is 1. The molecule has 1 heterocycles. The summed E-state index contributed by atoms with van der Waals surface area (Å²) in [7, 11) is 0. The van der Waals surface area contributed by atoms with E-state index in [-0.39, 0.29) is 12.5 Å². The normalized spacial score (nSPS) is 23.2. The second kappa shape index (κ2) is 13.7. The van der Waals surface area contributed by atoms with Gasteiger partial charge in [-0.25, -0.2) is 9.59 Å². The third kappa shape index (κ3) is 7.48. The molecule has 2 N–H and O–H groups in total. The maximum atomic E-state index is 12.7. The number of hydrogen-bond acceptors (Lipinski definition) is 11. The molecule has 0 bridgehead atoms. The van der Waals surface area contributed by atoms with Crippen molar-refractivity contribution in [1.82, 2.24) is 5.32 Å². The van der Waals surface area contributed by atoms with Gasteiger partial charge in [-0.15, -0.1) is 0 Å². The molecule has 4 rings (SSSR count). The molecule has 1 aliphatic carbocycles. The first-order chi connectivity index (χ1) is 20.5. The van der Waals surface area contributed by atoms with Crippen molar-refractivity contribution in [2.75, 3.05) is 13.2 Å². The first-order valence-corrected chi connectivity index (χ1v) is 13.6. The van der Waals surface area contributed by atoms with E-state index in [2.05, 4.69) is 5.32 Å². The Balaban J connectivity index is 1.42. The predicted octanol–water partition coefficient (Wildman–Crippen LogP) is 2.53. The van der Waals surface area contributed by atoms with Gasteiger partial charge in [-0.1, -0.05) is 48.5 Å². The van der Waals surface area contributed by atoms with Gasteiger partial charge in [-0.3, -0.25) is 14.4 Å². The zero-order valence-electron chi connectivity index (χ0n) is 24.0. The molecule has 0 radical (unpaired) electrons. The molecule has 1 fully saturated rings. The van der Waals surface area contributed by atoms with Gasteiger partial charge in [0, 0.05) is 26.7 Å². The van der Waals surface area contributed by atoms with Crippen molar-refractivity contribution in [3.05, 3.63) is 59.7 Å². The Morgan fingerprint density at radius 1 is 0.814 bits per heavy atom. The van der Waals surface area contributed by atoms with Crippen LogP contribution in [0.3, 0.4) is 0 Å². The number of carbonyl (C=O) groups excluding carboxylic acids is 4. The summed E-state index contributed by atoms with van der Waals surface area (Å²) in [5.41, 5.74) is 4.06. The molecular weight excluding hydrogens is 566 g/mol. The number of rotatable bonds is 10.